The van der Waals surface area contributed by atoms with Crippen LogP contribution in [0.2, 0.25) is 0 Å². The second kappa shape index (κ2) is 6.39. The molecular formula is C17H24FN5O. The minimum Gasteiger partial charge on any atom is -0.347 e. The van der Waals surface area contributed by atoms with E-state index >= 15 is 0 Å². The third-order valence-corrected chi connectivity index (χ3v) is 4.53. The summed E-state index contributed by atoms with van der Waals surface area (Å²) >= 11 is 0. The highest BCUT2D eigenvalue weighted by atomic mass is 19.1. The lowest BCUT2D eigenvalue weighted by Gasteiger charge is -2.34. The van der Waals surface area contributed by atoms with Gasteiger partial charge in [-0.1, -0.05) is 6.07 Å². The van der Waals surface area contributed by atoms with Crippen LogP contribution in [0.15, 0.2) is 18.2 Å². The molecule has 0 unspecified atom stereocenters. The van der Waals surface area contributed by atoms with E-state index in [0.717, 1.165) is 16.6 Å². The highest BCUT2D eigenvalue weighted by Crippen LogP contribution is 2.26. The van der Waals surface area contributed by atoms with Crippen LogP contribution in [0.25, 0.3) is 11.0 Å². The van der Waals surface area contributed by atoms with E-state index in [1.54, 1.807) is 19.0 Å². The van der Waals surface area contributed by atoms with Gasteiger partial charge in [-0.2, -0.15) is 0 Å². The van der Waals surface area contributed by atoms with Crippen molar-refractivity contribution < 1.29 is 9.18 Å². The lowest BCUT2D eigenvalue weighted by Crippen LogP contribution is -2.50. The normalized spacial score (nSPS) is 21.3. The zero-order valence-electron chi connectivity index (χ0n) is 14.4. The number of carbonyl (C=O) groups excluding carboxylic acids is 1. The maximum absolute atomic E-state index is 13.7. The molecule has 2 heterocycles. The standard InChI is InChI=1S/C17H24FN5O/c1-11-4-5-15-14(8-11)20-17(23(15)10-16(24)21(2)3)22-7-6-12(18)13(19)9-22/h4-5,8,12-13H,6-7,9-10,19H2,1-3H3/t12-,13-/m1/s1. The lowest BCUT2D eigenvalue weighted by atomic mass is 10.1. The van der Waals surface area contributed by atoms with Crippen molar-refractivity contribution in [3.8, 4) is 0 Å². The Morgan fingerprint density at radius 1 is 1.46 bits per heavy atom. The van der Waals surface area contributed by atoms with Crippen LogP contribution in [0.3, 0.4) is 0 Å². The number of nitrogens with two attached hydrogens (primary N) is 1. The first-order chi connectivity index (χ1) is 11.4. The average molecular weight is 333 g/mol. The molecule has 1 saturated heterocycles. The summed E-state index contributed by atoms with van der Waals surface area (Å²) in [5, 5.41) is 0. The van der Waals surface area contributed by atoms with Gasteiger partial charge in [0.15, 0.2) is 0 Å². The average Bonchev–Trinajstić information content (AvgIpc) is 2.87. The highest BCUT2D eigenvalue weighted by molar-refractivity contribution is 5.83. The van der Waals surface area contributed by atoms with Gasteiger partial charge in [-0.15, -0.1) is 0 Å². The number of likely N-dealkylation sites (N-methyl/N-ethyl adjacent to an activating group) is 1. The van der Waals surface area contributed by atoms with Gasteiger partial charge in [0, 0.05) is 27.2 Å². The van der Waals surface area contributed by atoms with E-state index in [1.165, 1.54) is 0 Å². The minimum atomic E-state index is -0.982. The van der Waals surface area contributed by atoms with Gasteiger partial charge in [-0.05, 0) is 31.0 Å². The molecule has 24 heavy (non-hydrogen) atoms. The number of piperidine rings is 1. The molecule has 0 saturated carbocycles. The van der Waals surface area contributed by atoms with Gasteiger partial charge in [0.25, 0.3) is 0 Å². The van der Waals surface area contributed by atoms with Gasteiger partial charge in [0.05, 0.1) is 17.1 Å². The fourth-order valence-electron chi connectivity index (χ4n) is 3.04. The van der Waals surface area contributed by atoms with E-state index in [-0.39, 0.29) is 12.5 Å². The molecule has 1 fully saturated rings. The second-order valence-electron chi connectivity index (χ2n) is 6.69. The number of rotatable bonds is 3. The molecule has 2 N–H and O–H groups in total. The first-order valence-corrected chi connectivity index (χ1v) is 8.18. The molecule has 2 aromatic rings. The number of amides is 1. The number of alkyl halides is 1. The SMILES string of the molecule is Cc1ccc2c(c1)nc(N1CC[C@@H](F)[C@H](N)C1)n2CC(=O)N(C)C. The Morgan fingerprint density at radius 2 is 2.21 bits per heavy atom. The van der Waals surface area contributed by atoms with Crippen molar-refractivity contribution >= 4 is 22.9 Å². The Morgan fingerprint density at radius 3 is 2.88 bits per heavy atom. The smallest absolute Gasteiger partial charge is 0.242 e. The predicted molar refractivity (Wildman–Crippen MR) is 92.9 cm³/mol. The molecule has 1 aromatic heterocycles. The fraction of sp³-hybridized carbons (Fsp3) is 0.529. The third-order valence-electron chi connectivity index (χ3n) is 4.53. The van der Waals surface area contributed by atoms with E-state index in [0.29, 0.717) is 25.5 Å². The molecule has 1 amide bonds. The Labute approximate surface area is 141 Å². The molecular weight excluding hydrogens is 309 g/mol. The Balaban J connectivity index is 2.03. The van der Waals surface area contributed by atoms with E-state index in [1.807, 2.05) is 34.6 Å². The lowest BCUT2D eigenvalue weighted by molar-refractivity contribution is -0.129. The van der Waals surface area contributed by atoms with Crippen LogP contribution >= 0.6 is 0 Å². The molecule has 0 aliphatic carbocycles. The van der Waals surface area contributed by atoms with Gasteiger partial charge in [0.1, 0.15) is 12.7 Å². The predicted octanol–water partition coefficient (Wildman–Crippen LogP) is 1.31. The summed E-state index contributed by atoms with van der Waals surface area (Å²) in [5.74, 6) is 0.675. The van der Waals surface area contributed by atoms with Crippen molar-refractivity contribution in [2.45, 2.75) is 32.1 Å². The minimum absolute atomic E-state index is 0.0131. The van der Waals surface area contributed by atoms with Crippen molar-refractivity contribution in [2.24, 2.45) is 5.73 Å². The van der Waals surface area contributed by atoms with Crippen LogP contribution < -0.4 is 10.6 Å². The first kappa shape index (κ1) is 16.7. The van der Waals surface area contributed by atoms with Gasteiger partial charge >= 0.3 is 0 Å². The number of hydrogen-bond donors (Lipinski definition) is 1. The molecule has 130 valence electrons. The number of aromatic nitrogens is 2. The zero-order chi connectivity index (χ0) is 17.4. The number of fused-ring (bicyclic) bond motifs is 1. The van der Waals surface area contributed by atoms with Crippen molar-refractivity contribution in [3.63, 3.8) is 0 Å². The summed E-state index contributed by atoms with van der Waals surface area (Å²) < 4.78 is 15.6. The van der Waals surface area contributed by atoms with E-state index in [2.05, 4.69) is 0 Å². The molecule has 1 aliphatic rings. The molecule has 7 heteroatoms. The van der Waals surface area contributed by atoms with Crippen LogP contribution in [-0.2, 0) is 11.3 Å². The van der Waals surface area contributed by atoms with Crippen LogP contribution in [0.5, 0.6) is 0 Å². The van der Waals surface area contributed by atoms with Gasteiger partial charge < -0.3 is 20.1 Å². The molecule has 0 radical (unpaired) electrons. The largest absolute Gasteiger partial charge is 0.347 e. The molecule has 2 atom stereocenters. The number of benzene rings is 1. The number of aryl methyl sites for hydroxylation is 1. The summed E-state index contributed by atoms with van der Waals surface area (Å²) in [4.78, 5) is 20.5. The van der Waals surface area contributed by atoms with Crippen LogP contribution in [0.1, 0.15) is 12.0 Å². The Kier molecular flexibility index (Phi) is 4.45. The Bertz CT molecular complexity index is 757. The first-order valence-electron chi connectivity index (χ1n) is 8.18. The van der Waals surface area contributed by atoms with Gasteiger partial charge in [-0.3, -0.25) is 4.79 Å². The van der Waals surface area contributed by atoms with Crippen molar-refractivity contribution in [2.75, 3.05) is 32.1 Å². The van der Waals surface area contributed by atoms with Crippen LogP contribution in [-0.4, -0.2) is 59.8 Å². The van der Waals surface area contributed by atoms with Crippen molar-refractivity contribution in [3.05, 3.63) is 23.8 Å². The van der Waals surface area contributed by atoms with Crippen LogP contribution in [0, 0.1) is 6.92 Å². The molecule has 1 aliphatic heterocycles. The monoisotopic (exact) mass is 333 g/mol. The fourth-order valence-corrected chi connectivity index (χ4v) is 3.04. The quantitative estimate of drug-likeness (QED) is 0.920. The summed E-state index contributed by atoms with van der Waals surface area (Å²) in [6.45, 7) is 3.16. The van der Waals surface area contributed by atoms with E-state index in [4.69, 9.17) is 10.7 Å². The summed E-state index contributed by atoms with van der Waals surface area (Å²) in [6, 6.07) is 5.45. The molecule has 6 nitrogen and oxygen atoms in total. The molecule has 1 aromatic carbocycles. The van der Waals surface area contributed by atoms with Crippen LogP contribution in [0.4, 0.5) is 10.3 Å². The van der Waals surface area contributed by atoms with Gasteiger partial charge in [0.2, 0.25) is 11.9 Å². The molecule has 3 rings (SSSR count). The Hall–Kier alpha value is -2.15. The van der Waals surface area contributed by atoms with E-state index < -0.39 is 12.2 Å². The summed E-state index contributed by atoms with van der Waals surface area (Å²) in [5.41, 5.74) is 8.75. The summed E-state index contributed by atoms with van der Waals surface area (Å²) in [6.07, 6.45) is -0.602. The number of carbonyl (C=O) groups is 1. The number of halogens is 1. The van der Waals surface area contributed by atoms with Crippen molar-refractivity contribution in [1.29, 1.82) is 0 Å². The topological polar surface area (TPSA) is 67.4 Å². The highest BCUT2D eigenvalue weighted by Gasteiger charge is 2.29. The number of imidazole rings is 1. The maximum Gasteiger partial charge on any atom is 0.242 e. The molecule has 0 spiro atoms. The maximum atomic E-state index is 13.7. The molecule has 0 bridgehead atoms. The number of hydrogen-bond acceptors (Lipinski definition) is 4. The second-order valence-corrected chi connectivity index (χ2v) is 6.69. The van der Waals surface area contributed by atoms with E-state index in [9.17, 15) is 9.18 Å². The number of anilines is 1. The third kappa shape index (κ3) is 3.08. The zero-order valence-corrected chi connectivity index (χ0v) is 14.4. The number of nitrogens with zero attached hydrogens (tertiary/aromatic N) is 4. The summed E-state index contributed by atoms with van der Waals surface area (Å²) in [7, 11) is 3.46. The van der Waals surface area contributed by atoms with Crippen molar-refractivity contribution in [1.82, 2.24) is 14.5 Å². The van der Waals surface area contributed by atoms with Gasteiger partial charge in [-0.25, -0.2) is 9.37 Å².